The van der Waals surface area contributed by atoms with Crippen LogP contribution in [0, 0.1) is 5.82 Å². The predicted molar refractivity (Wildman–Crippen MR) is 172 cm³/mol. The van der Waals surface area contributed by atoms with Crippen molar-refractivity contribution in [3.8, 4) is 16.9 Å². The van der Waals surface area contributed by atoms with Crippen LogP contribution in [0.4, 0.5) is 45.7 Å². The molecule has 1 N–H and O–H groups in total. The molecule has 0 radical (unpaired) electrons. The van der Waals surface area contributed by atoms with Crippen LogP contribution in [-0.2, 0) is 4.79 Å². The number of carbonyl (C=O) groups excluding carboxylic acids is 2. The van der Waals surface area contributed by atoms with E-state index in [0.29, 0.717) is 17.8 Å². The van der Waals surface area contributed by atoms with Crippen LogP contribution in [0.3, 0.4) is 0 Å². The van der Waals surface area contributed by atoms with Crippen LogP contribution in [0.1, 0.15) is 25.3 Å². The van der Waals surface area contributed by atoms with E-state index in [-0.39, 0.29) is 45.4 Å². The molecule has 1 aliphatic heterocycles. The van der Waals surface area contributed by atoms with Gasteiger partial charge in [-0.05, 0) is 60.0 Å². The van der Waals surface area contributed by atoms with E-state index in [1.807, 2.05) is 51.0 Å². The maximum absolute atomic E-state index is 15.1. The minimum atomic E-state index is -9.81. The summed E-state index contributed by atoms with van der Waals surface area (Å²) in [7, 11) is -6.07. The summed E-state index contributed by atoms with van der Waals surface area (Å²) in [5, 5.41) is 2.54. The van der Waals surface area contributed by atoms with Crippen molar-refractivity contribution in [2.45, 2.75) is 24.7 Å². The molecule has 4 aromatic rings. The van der Waals surface area contributed by atoms with Crippen molar-refractivity contribution >= 4 is 56.2 Å². The number of rotatable bonds is 7. The number of benzene rings is 3. The van der Waals surface area contributed by atoms with Crippen LogP contribution in [0.15, 0.2) is 83.1 Å². The van der Waals surface area contributed by atoms with Crippen molar-refractivity contribution in [3.05, 3.63) is 84.6 Å². The Balaban J connectivity index is 1.34. The third-order valence-corrected chi connectivity index (χ3v) is 9.11. The largest absolute Gasteiger partial charge is 0.378 e. The zero-order valence-electron chi connectivity index (χ0n) is 24.8. The van der Waals surface area contributed by atoms with Crippen molar-refractivity contribution in [2.75, 3.05) is 35.0 Å². The number of aliphatic imine (C=N–C) groups is 1. The van der Waals surface area contributed by atoms with Crippen molar-refractivity contribution < 1.29 is 33.4 Å². The molecule has 0 atom stereocenters. The molecule has 46 heavy (non-hydrogen) atoms. The van der Waals surface area contributed by atoms with Gasteiger partial charge in [-0.25, -0.2) is 14.2 Å². The Morgan fingerprint density at radius 2 is 1.72 bits per heavy atom. The van der Waals surface area contributed by atoms with Crippen molar-refractivity contribution in [1.29, 1.82) is 0 Å². The molecule has 3 aromatic carbocycles. The number of urea groups is 1. The Labute approximate surface area is 264 Å². The van der Waals surface area contributed by atoms with Gasteiger partial charge in [-0.15, -0.1) is 0 Å². The number of thioether (sulfide) groups is 1. The van der Waals surface area contributed by atoms with Gasteiger partial charge in [-0.2, -0.15) is 4.99 Å². The molecule has 1 aromatic heterocycles. The average Bonchev–Trinajstić information content (AvgIpc) is 3.59. The molecular formula is C30H28F6N6O2S2. The average molecular weight is 683 g/mol. The van der Waals surface area contributed by atoms with E-state index in [9.17, 15) is 29.0 Å². The molecule has 0 spiro atoms. The van der Waals surface area contributed by atoms with Crippen molar-refractivity contribution in [3.63, 3.8) is 0 Å². The Hall–Kier alpha value is -4.44. The number of aromatic nitrogens is 2. The molecule has 0 bridgehead atoms. The highest BCUT2D eigenvalue weighted by Gasteiger charge is 2.65. The van der Waals surface area contributed by atoms with E-state index in [4.69, 9.17) is 0 Å². The van der Waals surface area contributed by atoms with E-state index < -0.39 is 27.0 Å². The van der Waals surface area contributed by atoms with Gasteiger partial charge in [-0.1, -0.05) is 57.2 Å². The highest BCUT2D eigenvalue weighted by Crippen LogP contribution is 3.02. The van der Waals surface area contributed by atoms with Gasteiger partial charge in [0, 0.05) is 37.2 Å². The molecule has 2 heterocycles. The number of amides is 3. The lowest BCUT2D eigenvalue weighted by Crippen LogP contribution is -2.31. The molecule has 0 unspecified atom stereocenters. The van der Waals surface area contributed by atoms with E-state index in [0.717, 1.165) is 41.2 Å². The maximum atomic E-state index is 15.1. The quantitative estimate of drug-likeness (QED) is 0.197. The summed E-state index contributed by atoms with van der Waals surface area (Å²) in [5.41, 5.74) is 2.78. The summed E-state index contributed by atoms with van der Waals surface area (Å²) in [6, 6.07) is 11.0. The fraction of sp³-hybridized carbons (Fsp3) is 0.200. The van der Waals surface area contributed by atoms with Crippen molar-refractivity contribution in [2.24, 2.45) is 4.99 Å². The zero-order chi connectivity index (χ0) is 33.7. The first-order valence-electron chi connectivity index (χ1n) is 13.7. The molecule has 1 aliphatic rings. The summed E-state index contributed by atoms with van der Waals surface area (Å²) in [4.78, 5) is 35.3. The topological polar surface area (TPSA) is 82.8 Å². The summed E-state index contributed by atoms with van der Waals surface area (Å²) in [6.45, 7) is 3.98. The second kappa shape index (κ2) is 11.1. The normalized spacial score (nSPS) is 16.1. The molecule has 0 aliphatic carbocycles. The molecular weight excluding hydrogens is 654 g/mol. The number of amidine groups is 1. The summed E-state index contributed by atoms with van der Waals surface area (Å²) in [5.74, 6) is -0.928. The monoisotopic (exact) mass is 682 g/mol. The van der Waals surface area contributed by atoms with E-state index in [1.54, 1.807) is 0 Å². The van der Waals surface area contributed by atoms with Crippen LogP contribution in [0.2, 0.25) is 0 Å². The first-order chi connectivity index (χ1) is 21.3. The van der Waals surface area contributed by atoms with Gasteiger partial charge in [0.15, 0.2) is 5.17 Å². The number of hydrogen-bond donors (Lipinski definition) is 1. The third-order valence-electron chi connectivity index (χ3n) is 7.03. The number of nitrogens with one attached hydrogen (secondary N) is 1. The summed E-state index contributed by atoms with van der Waals surface area (Å²) < 4.78 is 81.5. The summed E-state index contributed by atoms with van der Waals surface area (Å²) in [6.07, 6.45) is 2.62. The number of nitrogens with zero attached hydrogens (tertiary/aromatic N) is 5. The Morgan fingerprint density at radius 3 is 2.33 bits per heavy atom. The highest BCUT2D eigenvalue weighted by atomic mass is 32.5. The molecule has 16 heteroatoms. The minimum Gasteiger partial charge on any atom is -0.378 e. The van der Waals surface area contributed by atoms with Gasteiger partial charge in [0.2, 0.25) is 5.91 Å². The van der Waals surface area contributed by atoms with Crippen LogP contribution in [0.5, 0.6) is 0 Å². The van der Waals surface area contributed by atoms with Gasteiger partial charge < -0.3 is 14.8 Å². The van der Waals surface area contributed by atoms with E-state index in [1.165, 1.54) is 34.1 Å². The number of halogens is 6. The van der Waals surface area contributed by atoms with Crippen LogP contribution in [-0.4, -0.2) is 46.5 Å². The van der Waals surface area contributed by atoms with Gasteiger partial charge in [0.1, 0.15) is 10.7 Å². The second-order valence-corrected chi connectivity index (χ2v) is 14.3. The number of anilines is 3. The Kier molecular flexibility index (Phi) is 7.96. The number of imidazole rings is 1. The maximum Gasteiger partial charge on any atom is 0.347 e. The first-order valence-corrected chi connectivity index (χ1v) is 16.6. The van der Waals surface area contributed by atoms with Crippen molar-refractivity contribution in [1.82, 2.24) is 9.55 Å². The van der Waals surface area contributed by atoms with Crippen LogP contribution >= 0.6 is 22.0 Å². The van der Waals surface area contributed by atoms with Gasteiger partial charge >= 0.3 is 16.3 Å². The van der Waals surface area contributed by atoms with Crippen LogP contribution in [0.25, 0.3) is 16.9 Å². The van der Waals surface area contributed by atoms with Gasteiger partial charge in [-0.3, -0.25) is 9.69 Å². The van der Waals surface area contributed by atoms with Crippen LogP contribution < -0.4 is 15.1 Å². The Bertz CT molecular complexity index is 1880. The smallest absolute Gasteiger partial charge is 0.347 e. The molecule has 1 fully saturated rings. The molecule has 244 valence electrons. The molecule has 1 saturated heterocycles. The van der Waals surface area contributed by atoms with Gasteiger partial charge in [0.05, 0.1) is 29.1 Å². The van der Waals surface area contributed by atoms with E-state index in [2.05, 4.69) is 15.3 Å². The zero-order valence-corrected chi connectivity index (χ0v) is 26.5. The fourth-order valence-corrected chi connectivity index (χ4v) is 6.18. The number of hydrogen-bond acceptors (Lipinski definition) is 5. The highest BCUT2D eigenvalue weighted by molar-refractivity contribution is 8.45. The lowest BCUT2D eigenvalue weighted by Gasteiger charge is -2.40. The SMILES string of the molecule is CC(C)c1ccc(N(C)C)cc1N1C(=O)CS/C1=N\C(=O)Nc1ccc(-c2cn(-c3ccc(S(F)(F)(F)(F)F)cc3)cn2)cc1F. The molecule has 5 rings (SSSR count). The molecule has 8 nitrogen and oxygen atoms in total. The third kappa shape index (κ3) is 7.02. The minimum absolute atomic E-state index is 0.0719. The molecule has 3 amide bonds. The van der Waals surface area contributed by atoms with Gasteiger partial charge in [0.25, 0.3) is 0 Å². The first kappa shape index (κ1) is 32.9. The molecule has 0 saturated carbocycles. The lowest BCUT2D eigenvalue weighted by atomic mass is 9.99. The van der Waals surface area contributed by atoms with E-state index >= 15 is 4.39 Å². The summed E-state index contributed by atoms with van der Waals surface area (Å²) >= 11 is 1.09. The standard InChI is InChI=1S/C30H28F6N6O2S2/c1-18(2)23-11-8-21(40(3)4)14-27(23)42-28(43)16-45-30(42)39-29(44)38-25-12-5-19(13-24(25)31)26-15-41(17-37-26)20-6-9-22(10-7-20)46(32,33,34,35)36/h5-15,17-18H,16H2,1-4H3,(H,38,44)/b39-30-. The lowest BCUT2D eigenvalue weighted by molar-refractivity contribution is -0.115. The Morgan fingerprint density at radius 1 is 1.02 bits per heavy atom. The second-order valence-electron chi connectivity index (χ2n) is 11.0. The predicted octanol–water partition coefficient (Wildman–Crippen LogP) is 9.19. The fourth-order valence-electron chi connectivity index (χ4n) is 4.67. The number of carbonyl (C=O) groups is 2.